The molecule has 3 aliphatic heterocycles. The number of pyridine rings is 9. The molecule has 0 aliphatic carbocycles. The number of aromatic nitrogens is 9. The number of halogens is 15. The third kappa shape index (κ3) is 18.2. The standard InChI is InChI=1S/C33H30Cl3F2N7O2.2C33H30Cl2F3N7O2/c1-7-21(46)44-16(5)12-43(13-17(44)6)31-18-10-20(34)29(22-25(37)23(35)24(36)27(40)26(22)38)42-32(18)45(33(47)19(31)11-39)30-15(4)8-9-41-28(30)14(2)3;2*1-7-21(46)44-16(5)12-43(13-17(44)6)31-18-10-20(34)29(22-23(35)27(40)26(38)25(37)24(22)36)42-32(18)45(33(47)19(31)11-39)30-15(4)8-9-41-28(30)14(2)3/h3*7-10,14,16-17H,1,12-13,40H2,2-6H3/t3*16-,17+. The van der Waals surface area contributed by atoms with E-state index in [2.05, 4.69) is 67.8 Å². The Morgan fingerprint density at radius 2 is 0.631 bits per heavy atom. The number of benzene rings is 3. The van der Waals surface area contributed by atoms with Gasteiger partial charge in [0.25, 0.3) is 16.7 Å². The molecule has 3 amide bonds. The summed E-state index contributed by atoms with van der Waals surface area (Å²) in [7, 11) is 0. The minimum atomic E-state index is -1.88. The van der Waals surface area contributed by atoms with E-state index in [1.165, 1.54) is 50.1 Å². The number of nitriles is 3. The van der Waals surface area contributed by atoms with Crippen molar-refractivity contribution in [3.8, 4) is 69.0 Å². The maximum Gasteiger partial charge on any atom is 0.276 e. The Balaban J connectivity index is 0.000000178. The number of rotatable bonds is 15. The number of fused-ring (bicyclic) bond motifs is 3. The molecular weight excluding hydrogens is 1980 g/mol. The molecule has 27 nitrogen and oxygen atoms in total. The van der Waals surface area contributed by atoms with Gasteiger partial charge in [-0.05, 0) is 151 Å². The molecule has 0 unspecified atom stereocenters. The van der Waals surface area contributed by atoms with Gasteiger partial charge in [0.2, 0.25) is 17.7 Å². The Labute approximate surface area is 838 Å². The van der Waals surface area contributed by atoms with Crippen LogP contribution in [0.4, 0.5) is 69.2 Å². The molecule has 732 valence electrons. The van der Waals surface area contributed by atoms with E-state index in [1.54, 1.807) is 82.1 Å². The highest BCUT2D eigenvalue weighted by Crippen LogP contribution is 2.50. The Hall–Kier alpha value is -13.4. The van der Waals surface area contributed by atoms with Crippen LogP contribution in [-0.4, -0.2) is 152 Å². The van der Waals surface area contributed by atoms with Gasteiger partial charge in [0.15, 0.2) is 46.5 Å². The number of aryl methyl sites for hydroxylation is 3. The molecule has 0 saturated carbocycles. The summed E-state index contributed by atoms with van der Waals surface area (Å²) in [6, 6.07) is 13.3. The van der Waals surface area contributed by atoms with Crippen molar-refractivity contribution in [2.75, 3.05) is 71.2 Å². The van der Waals surface area contributed by atoms with Gasteiger partial charge in [0.05, 0.1) is 137 Å². The van der Waals surface area contributed by atoms with Crippen LogP contribution in [0.5, 0.6) is 0 Å². The average Bonchev–Trinajstić information content (AvgIpc) is 0.725. The smallest absolute Gasteiger partial charge is 0.276 e. The van der Waals surface area contributed by atoms with Crippen LogP contribution in [0.15, 0.2) is 107 Å². The number of hydrogen-bond acceptors (Lipinski definition) is 21. The van der Waals surface area contributed by atoms with Crippen molar-refractivity contribution in [2.24, 2.45) is 0 Å². The topological polar surface area (TPSA) is 363 Å². The lowest BCUT2D eigenvalue weighted by molar-refractivity contribution is -0.131. The zero-order chi connectivity index (χ0) is 104. The molecule has 0 spiro atoms. The number of carbonyl (C=O) groups excluding carboxylic acids is 3. The van der Waals surface area contributed by atoms with Crippen molar-refractivity contribution in [3.05, 3.63) is 256 Å². The molecule has 141 heavy (non-hydrogen) atoms. The Bertz CT molecular complexity index is 6860. The molecule has 12 heterocycles. The van der Waals surface area contributed by atoms with Crippen LogP contribution in [0.3, 0.4) is 0 Å². The van der Waals surface area contributed by atoms with Crippen LogP contribution in [0, 0.1) is 101 Å². The largest absolute Gasteiger partial charge is 0.395 e. The van der Waals surface area contributed by atoms with Crippen LogP contribution in [-0.2, 0) is 14.4 Å². The predicted molar refractivity (Wildman–Crippen MR) is 535 cm³/mol. The molecule has 3 saturated heterocycles. The number of nitrogen functional groups attached to an aromatic ring is 3. The highest BCUT2D eigenvalue weighted by molar-refractivity contribution is 6.44. The lowest BCUT2D eigenvalue weighted by Crippen LogP contribution is -2.58. The summed E-state index contributed by atoms with van der Waals surface area (Å²) >= 11 is 44.7. The lowest BCUT2D eigenvalue weighted by Gasteiger charge is -2.45. The third-order valence-electron chi connectivity index (χ3n) is 24.9. The van der Waals surface area contributed by atoms with E-state index in [0.717, 1.165) is 0 Å². The number of anilines is 6. The monoisotopic (exact) mass is 2070 g/mol. The zero-order valence-corrected chi connectivity index (χ0v) is 83.7. The van der Waals surface area contributed by atoms with Crippen molar-refractivity contribution in [1.29, 1.82) is 15.8 Å². The molecule has 6 atom stereocenters. The first-order valence-corrected chi connectivity index (χ1v) is 46.5. The molecule has 3 aliphatic rings. The maximum absolute atomic E-state index is 15.6. The molecule has 3 aromatic carbocycles. The van der Waals surface area contributed by atoms with Gasteiger partial charge >= 0.3 is 0 Å². The molecule has 6 N–H and O–H groups in total. The molecule has 0 bridgehead atoms. The highest BCUT2D eigenvalue weighted by Gasteiger charge is 2.42. The zero-order valence-electron chi connectivity index (χ0n) is 78.4. The van der Waals surface area contributed by atoms with Crippen LogP contribution in [0.1, 0.15) is 151 Å². The highest BCUT2D eigenvalue weighted by atomic mass is 35.5. The number of hydrogen-bond donors (Lipinski definition) is 3. The van der Waals surface area contributed by atoms with Crippen molar-refractivity contribution in [2.45, 2.75) is 158 Å². The SMILES string of the molecule is C=CC(=O)N1[C@H](C)CN(c2c(C#N)c(=O)n(-c3c(C)ccnc3C(C)C)c3nc(-c4c(F)c(F)c(F)c(N)c4Cl)c(Cl)cc23)C[C@@H]1C.C=CC(=O)N1[C@H](C)CN(c2c(C#N)c(=O)n(-c3c(C)ccnc3C(C)C)c3nc(-c4c(F)c(F)c(F)c(N)c4Cl)c(Cl)cc23)C[C@@H]1C.C=CC(=O)N1[C@H](C)CN(c2c(C#N)c(=O)n(-c3c(C)ccnc3C(C)C)c3nc(-c4c(F)c(N)c(Cl)c(Cl)c4F)c(Cl)cc23)C[C@@H]1C. The van der Waals surface area contributed by atoms with E-state index < -0.39 is 128 Å². The van der Waals surface area contributed by atoms with Gasteiger partial charge in [0, 0.05) is 110 Å². The van der Waals surface area contributed by atoms with Crippen molar-refractivity contribution in [1.82, 2.24) is 58.3 Å². The van der Waals surface area contributed by atoms with E-state index >= 15 is 17.6 Å². The van der Waals surface area contributed by atoms with Gasteiger partial charge in [-0.2, -0.15) is 15.8 Å². The quantitative estimate of drug-likeness (QED) is 0.0282. The molecule has 3 fully saturated rings. The Kier molecular flexibility index (Phi) is 30.5. The number of nitrogens with two attached hydrogens (primary N) is 3. The molecule has 42 heteroatoms. The van der Waals surface area contributed by atoms with Gasteiger partial charge in [0.1, 0.15) is 51.8 Å². The third-order valence-corrected chi connectivity index (χ3v) is 27.4. The summed E-state index contributed by atoms with van der Waals surface area (Å²) in [5.74, 6) is -14.3. The second kappa shape index (κ2) is 41.0. The second-order valence-corrected chi connectivity index (χ2v) is 38.1. The Morgan fingerprint density at radius 1 is 0.383 bits per heavy atom. The first-order valence-electron chi connectivity index (χ1n) is 43.9. The van der Waals surface area contributed by atoms with Crippen LogP contribution in [0.25, 0.3) is 83.9 Å². The van der Waals surface area contributed by atoms with Crippen molar-refractivity contribution < 1.29 is 49.5 Å². The van der Waals surface area contributed by atoms with Gasteiger partial charge in [-0.25, -0.2) is 50.1 Å². The number of nitrogens with zero attached hydrogens (tertiary/aromatic N) is 18. The summed E-state index contributed by atoms with van der Waals surface area (Å²) in [6.45, 7) is 39.7. The fourth-order valence-corrected chi connectivity index (χ4v) is 20.4. The van der Waals surface area contributed by atoms with Crippen LogP contribution >= 0.6 is 81.2 Å². The van der Waals surface area contributed by atoms with E-state index in [-0.39, 0.29) is 199 Å². The van der Waals surface area contributed by atoms with Gasteiger partial charge in [-0.15, -0.1) is 0 Å². The van der Waals surface area contributed by atoms with E-state index in [0.29, 0.717) is 50.8 Å². The second-order valence-electron chi connectivity index (χ2n) is 35.3. The van der Waals surface area contributed by atoms with Crippen LogP contribution in [0.2, 0.25) is 35.2 Å². The molecule has 9 aromatic heterocycles. The summed E-state index contributed by atoms with van der Waals surface area (Å²) < 4.78 is 124. The lowest BCUT2D eigenvalue weighted by atomic mass is 10.0. The van der Waals surface area contributed by atoms with Gasteiger partial charge in [-0.3, -0.25) is 57.4 Å². The average molecular weight is 2070 g/mol. The first kappa shape index (κ1) is 105. The molecule has 15 rings (SSSR count). The maximum atomic E-state index is 15.6. The van der Waals surface area contributed by atoms with E-state index in [9.17, 15) is 62.1 Å². The normalized spacial score (nSPS) is 16.6. The van der Waals surface area contributed by atoms with Crippen LogP contribution < -0.4 is 48.6 Å². The minimum absolute atomic E-state index is 0.0465. The molecule has 12 aromatic rings. The Morgan fingerprint density at radius 3 is 0.872 bits per heavy atom. The number of piperazine rings is 3. The first-order chi connectivity index (χ1) is 66.5. The molecular formula is C99H90Cl7F8N21O6. The van der Waals surface area contributed by atoms with Gasteiger partial charge in [-0.1, -0.05) is 142 Å². The predicted octanol–water partition coefficient (Wildman–Crippen LogP) is 20.5. The summed E-state index contributed by atoms with van der Waals surface area (Å²) in [5, 5.41) is 29.0. The summed E-state index contributed by atoms with van der Waals surface area (Å²) in [4.78, 5) is 119. The minimum Gasteiger partial charge on any atom is -0.395 e. The fraction of sp³-hybridized carbons (Fsp3) is 0.303. The summed E-state index contributed by atoms with van der Waals surface area (Å²) in [5.41, 5.74) is 13.4. The summed E-state index contributed by atoms with van der Waals surface area (Å²) in [6.07, 6.45) is 8.46. The fourth-order valence-electron chi connectivity index (χ4n) is 18.8. The van der Waals surface area contributed by atoms with E-state index in [4.69, 9.17) is 98.4 Å². The van der Waals surface area contributed by atoms with Crippen molar-refractivity contribution >= 4 is 166 Å². The van der Waals surface area contributed by atoms with Crippen molar-refractivity contribution in [3.63, 3.8) is 0 Å². The molecule has 0 radical (unpaired) electrons. The number of amides is 3. The number of carbonyl (C=O) groups is 3. The van der Waals surface area contributed by atoms with Gasteiger partial charge < -0.3 is 46.6 Å². The van der Waals surface area contributed by atoms with E-state index in [1.807, 2.05) is 88.0 Å².